The molecule has 0 unspecified atom stereocenters. The maximum atomic E-state index is 2.73. The van der Waals surface area contributed by atoms with Gasteiger partial charge in [-0.3, -0.25) is 0 Å². The molecule has 3 nitrogen and oxygen atoms in total. The predicted octanol–water partition coefficient (Wildman–Crippen LogP) is 7.47. The Morgan fingerprint density at radius 1 is 0.345 bits per heavy atom. The van der Waals surface area contributed by atoms with Gasteiger partial charge in [-0.15, -0.1) is 0 Å². The number of para-hydroxylation sites is 5. The van der Waals surface area contributed by atoms with E-state index in [-0.39, 0.29) is 13.4 Å². The van der Waals surface area contributed by atoms with Crippen LogP contribution in [0.1, 0.15) is 0 Å². The number of rotatable bonds is 4. The summed E-state index contributed by atoms with van der Waals surface area (Å²) in [6.07, 6.45) is 0. The molecule has 0 bridgehead atoms. The maximum Gasteiger partial charge on any atom is 0.252 e. The van der Waals surface area contributed by atoms with E-state index >= 15 is 0 Å². The first-order valence-corrected chi connectivity index (χ1v) is 26.8. The van der Waals surface area contributed by atoms with Crippen LogP contribution >= 0.6 is 0 Å². The molecule has 0 amide bonds. The average Bonchev–Trinajstić information content (AvgIpc) is 3.19. The predicted molar refractivity (Wildman–Crippen MR) is 246 cm³/mol. The normalized spacial score (nSPS) is 14.5. The minimum Gasteiger partial charge on any atom is -0.312 e. The standard InChI is InChI=1S/C48H43B2N3Si2/c1-54(2,3)34-28-42-46-44(30-34)53-45-31-35(55(4,5)6)29-43-47(45)50(37-23-14-16-27-41(37)52(43)33-20-11-8-12-21-33)39-25-17-24-38(48(39)53)49(46)36-22-13-15-26-40(36)51(42)32-18-9-7-10-19-32/h7-31H,1-6H3. The molecule has 55 heavy (non-hydrogen) atoms. The van der Waals surface area contributed by atoms with Gasteiger partial charge in [0.05, 0.1) is 16.1 Å². The number of hydrogen-bond donors (Lipinski definition) is 0. The molecule has 0 atom stereocenters. The molecular weight excluding hydrogens is 696 g/mol. The number of fused-ring (bicyclic) bond motifs is 8. The summed E-state index contributed by atoms with van der Waals surface area (Å²) in [5.74, 6) is 0. The molecular formula is C48H43B2N3Si2. The SMILES string of the molecule is C[Si](C)(C)c1cc2c3c(c1)N1c4cc([Si](C)(C)C)cc5c4B(c4ccccc4N5c4ccccc4)c4cccc(c41)B3c1ccccc1N2c1ccccc1. The molecule has 7 aromatic carbocycles. The van der Waals surface area contributed by atoms with Gasteiger partial charge < -0.3 is 14.7 Å². The van der Waals surface area contributed by atoms with Gasteiger partial charge in [0.2, 0.25) is 0 Å². The first-order chi connectivity index (χ1) is 26.6. The van der Waals surface area contributed by atoms with Crippen molar-refractivity contribution in [2.24, 2.45) is 0 Å². The number of benzene rings is 7. The lowest BCUT2D eigenvalue weighted by molar-refractivity contribution is 1.25. The van der Waals surface area contributed by atoms with Crippen molar-refractivity contribution in [2.75, 3.05) is 14.7 Å². The lowest BCUT2D eigenvalue weighted by atomic mass is 9.29. The smallest absolute Gasteiger partial charge is 0.252 e. The molecule has 0 spiro atoms. The van der Waals surface area contributed by atoms with Gasteiger partial charge >= 0.3 is 0 Å². The molecule has 0 saturated carbocycles. The van der Waals surface area contributed by atoms with E-state index in [2.05, 4.69) is 206 Å². The summed E-state index contributed by atoms with van der Waals surface area (Å²) in [4.78, 5) is 7.84. The number of nitrogens with zero attached hydrogens (tertiary/aromatic N) is 3. The van der Waals surface area contributed by atoms with E-state index in [1.807, 2.05) is 0 Å². The third-order valence-corrected chi connectivity index (χ3v) is 16.5. The van der Waals surface area contributed by atoms with Crippen LogP contribution in [-0.4, -0.2) is 29.6 Å². The zero-order valence-electron chi connectivity index (χ0n) is 32.4. The van der Waals surface area contributed by atoms with Gasteiger partial charge in [0.25, 0.3) is 13.4 Å². The van der Waals surface area contributed by atoms with E-state index in [1.165, 1.54) is 94.3 Å². The van der Waals surface area contributed by atoms with Crippen LogP contribution in [0.4, 0.5) is 51.2 Å². The van der Waals surface area contributed by atoms with Gasteiger partial charge in [0.1, 0.15) is 0 Å². The number of anilines is 9. The molecule has 7 aromatic rings. The van der Waals surface area contributed by atoms with Gasteiger partial charge in [-0.2, -0.15) is 0 Å². The lowest BCUT2D eigenvalue weighted by Gasteiger charge is -2.50. The quantitative estimate of drug-likeness (QED) is 0.174. The minimum absolute atomic E-state index is 0.115. The fourth-order valence-corrected chi connectivity index (χ4v) is 12.2. The molecule has 4 aliphatic heterocycles. The molecule has 0 saturated heterocycles. The second-order valence-electron chi connectivity index (χ2n) is 17.8. The van der Waals surface area contributed by atoms with Crippen molar-refractivity contribution >= 4 is 124 Å². The summed E-state index contributed by atoms with van der Waals surface area (Å²) in [5, 5.41) is 2.96. The highest BCUT2D eigenvalue weighted by Crippen LogP contribution is 2.47. The Hall–Kier alpha value is -5.50. The van der Waals surface area contributed by atoms with Gasteiger partial charge in [-0.1, -0.05) is 141 Å². The molecule has 7 heteroatoms. The monoisotopic (exact) mass is 739 g/mol. The second kappa shape index (κ2) is 11.5. The lowest BCUT2D eigenvalue weighted by Crippen LogP contribution is -2.68. The fraction of sp³-hybridized carbons (Fsp3) is 0.125. The van der Waals surface area contributed by atoms with Crippen molar-refractivity contribution in [1.82, 2.24) is 0 Å². The average molecular weight is 740 g/mol. The number of hydrogen-bond acceptors (Lipinski definition) is 3. The van der Waals surface area contributed by atoms with Gasteiger partial charge in [-0.25, -0.2) is 0 Å². The highest BCUT2D eigenvalue weighted by molar-refractivity contribution is 7.04. The molecule has 0 fully saturated rings. The first-order valence-electron chi connectivity index (χ1n) is 19.8. The topological polar surface area (TPSA) is 9.72 Å². The zero-order valence-corrected chi connectivity index (χ0v) is 34.4. The van der Waals surface area contributed by atoms with Crippen LogP contribution in [0, 0.1) is 0 Å². The molecule has 0 aliphatic carbocycles. The molecule has 11 rings (SSSR count). The van der Waals surface area contributed by atoms with Crippen molar-refractivity contribution < 1.29 is 0 Å². The third kappa shape index (κ3) is 4.63. The van der Waals surface area contributed by atoms with Crippen LogP contribution in [-0.2, 0) is 0 Å². The van der Waals surface area contributed by atoms with E-state index < -0.39 is 16.1 Å². The summed E-state index contributed by atoms with van der Waals surface area (Å²) < 4.78 is 0. The zero-order chi connectivity index (χ0) is 37.4. The van der Waals surface area contributed by atoms with Gasteiger partial charge in [-0.05, 0) is 93.4 Å². The Labute approximate surface area is 328 Å². The van der Waals surface area contributed by atoms with Gasteiger partial charge in [0.15, 0.2) is 0 Å². The Morgan fingerprint density at radius 3 is 1.09 bits per heavy atom. The van der Waals surface area contributed by atoms with Crippen LogP contribution in [0.15, 0.2) is 152 Å². The molecule has 0 N–H and O–H groups in total. The summed E-state index contributed by atoms with van der Waals surface area (Å²) >= 11 is 0. The van der Waals surface area contributed by atoms with Crippen LogP contribution in [0.3, 0.4) is 0 Å². The van der Waals surface area contributed by atoms with Crippen LogP contribution in [0.2, 0.25) is 39.3 Å². The Kier molecular flexibility index (Phi) is 6.89. The maximum absolute atomic E-state index is 2.73. The summed E-state index contributed by atoms with van der Waals surface area (Å²) in [6.45, 7) is 15.2. The summed E-state index contributed by atoms with van der Waals surface area (Å²) in [5.41, 5.74) is 20.0. The van der Waals surface area contributed by atoms with Crippen molar-refractivity contribution in [3.05, 3.63) is 152 Å². The Morgan fingerprint density at radius 2 is 0.691 bits per heavy atom. The Bertz CT molecular complexity index is 2540. The van der Waals surface area contributed by atoms with E-state index in [9.17, 15) is 0 Å². The van der Waals surface area contributed by atoms with Crippen molar-refractivity contribution in [1.29, 1.82) is 0 Å². The van der Waals surface area contributed by atoms with E-state index in [0.717, 1.165) is 0 Å². The third-order valence-electron chi connectivity index (χ3n) is 12.5. The van der Waals surface area contributed by atoms with E-state index in [0.29, 0.717) is 0 Å². The fourth-order valence-electron chi connectivity index (χ4n) is 9.92. The van der Waals surface area contributed by atoms with E-state index in [1.54, 1.807) is 0 Å². The largest absolute Gasteiger partial charge is 0.312 e. The molecule has 4 heterocycles. The van der Waals surface area contributed by atoms with Crippen LogP contribution in [0.5, 0.6) is 0 Å². The molecule has 0 aromatic heterocycles. The second-order valence-corrected chi connectivity index (χ2v) is 28.0. The highest BCUT2D eigenvalue weighted by Gasteiger charge is 2.50. The van der Waals surface area contributed by atoms with E-state index in [4.69, 9.17) is 0 Å². The molecule has 264 valence electrons. The first kappa shape index (κ1) is 32.9. The molecule has 0 radical (unpaired) electrons. The summed E-state index contributed by atoms with van der Waals surface area (Å²) in [7, 11) is -3.60. The van der Waals surface area contributed by atoms with Crippen molar-refractivity contribution in [3.63, 3.8) is 0 Å². The Balaban J connectivity index is 1.30. The van der Waals surface area contributed by atoms with Crippen molar-refractivity contribution in [3.8, 4) is 0 Å². The van der Waals surface area contributed by atoms with Crippen molar-refractivity contribution in [2.45, 2.75) is 39.3 Å². The van der Waals surface area contributed by atoms with Crippen LogP contribution in [0.25, 0.3) is 0 Å². The minimum atomic E-state index is -1.80. The van der Waals surface area contributed by atoms with Gasteiger partial charge in [0, 0.05) is 51.2 Å². The summed E-state index contributed by atoms with van der Waals surface area (Å²) in [6, 6.07) is 57.9. The highest BCUT2D eigenvalue weighted by atomic mass is 28.3. The molecule has 4 aliphatic rings. The van der Waals surface area contributed by atoms with Crippen LogP contribution < -0.4 is 57.9 Å².